The van der Waals surface area contributed by atoms with E-state index < -0.39 is 10.0 Å². The van der Waals surface area contributed by atoms with E-state index in [2.05, 4.69) is 20.3 Å². The molecule has 2 aromatic rings. The minimum absolute atomic E-state index is 0.0630. The summed E-state index contributed by atoms with van der Waals surface area (Å²) in [4.78, 5) is 14.8. The molecule has 7 nitrogen and oxygen atoms in total. The summed E-state index contributed by atoms with van der Waals surface area (Å²) < 4.78 is 28.4. The number of carbonyl (C=O) groups is 1. The number of fused-ring (bicyclic) bond motifs is 3. The third-order valence-corrected chi connectivity index (χ3v) is 6.76. The van der Waals surface area contributed by atoms with Crippen LogP contribution in [0.5, 0.6) is 0 Å². The molecule has 2 aliphatic rings. The Bertz CT molecular complexity index is 1040. The average molecular weight is 401 g/mol. The minimum atomic E-state index is -3.73. The minimum Gasteiger partial charge on any atom is -0.364 e. The third kappa shape index (κ3) is 3.57. The molecule has 0 spiro atoms. The second-order valence-electron chi connectivity index (χ2n) is 7.41. The van der Waals surface area contributed by atoms with E-state index in [4.69, 9.17) is 0 Å². The van der Waals surface area contributed by atoms with Gasteiger partial charge in [0.25, 0.3) is 10.0 Å². The monoisotopic (exact) mass is 400 g/mol. The molecule has 0 radical (unpaired) electrons. The highest BCUT2D eigenvalue weighted by Gasteiger charge is 2.30. The molecule has 1 amide bonds. The van der Waals surface area contributed by atoms with Crippen molar-refractivity contribution in [2.24, 2.45) is 0 Å². The van der Waals surface area contributed by atoms with Crippen LogP contribution in [-0.2, 0) is 14.8 Å². The van der Waals surface area contributed by atoms with E-state index in [0.717, 1.165) is 30.9 Å². The number of sulfonamides is 1. The van der Waals surface area contributed by atoms with Crippen LogP contribution < -0.4 is 20.3 Å². The molecular weight excluding hydrogens is 376 g/mol. The third-order valence-electron chi connectivity index (χ3n) is 5.24. The van der Waals surface area contributed by atoms with Crippen LogP contribution in [0.4, 0.5) is 17.1 Å². The Hall–Kier alpha value is -2.58. The highest BCUT2D eigenvalue weighted by Crippen LogP contribution is 2.35. The Morgan fingerprint density at radius 2 is 1.96 bits per heavy atom. The fraction of sp³-hybridized carbons (Fsp3) is 0.350. The maximum absolute atomic E-state index is 12.9. The van der Waals surface area contributed by atoms with E-state index in [9.17, 15) is 13.2 Å². The van der Waals surface area contributed by atoms with Gasteiger partial charge in [-0.25, -0.2) is 8.42 Å². The Morgan fingerprint density at radius 1 is 1.14 bits per heavy atom. The Labute approximate surface area is 165 Å². The molecule has 0 saturated carbocycles. The molecular formula is C20H24N4O3S. The normalized spacial score (nSPS) is 19.3. The molecule has 0 aromatic heterocycles. The topological polar surface area (TPSA) is 90.5 Å². The van der Waals surface area contributed by atoms with Crippen molar-refractivity contribution in [3.63, 3.8) is 0 Å². The number of benzene rings is 2. The van der Waals surface area contributed by atoms with Gasteiger partial charge in [0, 0.05) is 26.1 Å². The molecule has 28 heavy (non-hydrogen) atoms. The van der Waals surface area contributed by atoms with Crippen molar-refractivity contribution >= 4 is 33.0 Å². The molecule has 1 fully saturated rings. The second-order valence-corrected chi connectivity index (χ2v) is 9.06. The lowest BCUT2D eigenvalue weighted by Crippen LogP contribution is -2.51. The number of aryl methyl sites for hydroxylation is 2. The van der Waals surface area contributed by atoms with Crippen LogP contribution in [0.3, 0.4) is 0 Å². The fourth-order valence-corrected chi connectivity index (χ4v) is 5.21. The van der Waals surface area contributed by atoms with E-state index in [-0.39, 0.29) is 16.8 Å². The molecule has 0 bridgehead atoms. The van der Waals surface area contributed by atoms with Gasteiger partial charge in [0.05, 0.1) is 28.0 Å². The number of hydrogen-bond acceptors (Lipinski definition) is 5. The number of nitrogens with zero attached hydrogens (tertiary/aromatic N) is 1. The van der Waals surface area contributed by atoms with Crippen LogP contribution in [0.25, 0.3) is 0 Å². The van der Waals surface area contributed by atoms with E-state index >= 15 is 0 Å². The summed E-state index contributed by atoms with van der Waals surface area (Å²) in [5, 5.41) is 6.24. The van der Waals surface area contributed by atoms with Crippen molar-refractivity contribution in [2.45, 2.75) is 31.2 Å². The van der Waals surface area contributed by atoms with Crippen LogP contribution in [0, 0.1) is 13.8 Å². The number of piperazine rings is 1. The quantitative estimate of drug-likeness (QED) is 0.735. The molecule has 1 unspecified atom stereocenters. The van der Waals surface area contributed by atoms with Crippen molar-refractivity contribution in [3.05, 3.63) is 47.5 Å². The number of carbonyl (C=O) groups excluding carboxylic acids is 1. The second kappa shape index (κ2) is 7.10. The highest BCUT2D eigenvalue weighted by atomic mass is 32.2. The van der Waals surface area contributed by atoms with E-state index in [1.807, 2.05) is 19.1 Å². The van der Waals surface area contributed by atoms with Gasteiger partial charge in [-0.2, -0.15) is 0 Å². The zero-order valence-corrected chi connectivity index (χ0v) is 16.8. The molecule has 2 aliphatic heterocycles. The zero-order chi connectivity index (χ0) is 19.9. The van der Waals surface area contributed by atoms with Gasteiger partial charge in [-0.3, -0.25) is 9.52 Å². The number of hydrogen-bond donors (Lipinski definition) is 3. The summed E-state index contributed by atoms with van der Waals surface area (Å²) in [6, 6.07) is 10.8. The molecule has 2 aromatic carbocycles. The first-order chi connectivity index (χ1) is 13.3. The molecule has 3 N–H and O–H groups in total. The first-order valence-electron chi connectivity index (χ1n) is 9.35. The summed E-state index contributed by atoms with van der Waals surface area (Å²) in [5.74, 6) is -0.0630. The lowest BCUT2D eigenvalue weighted by molar-refractivity contribution is -0.116. The molecule has 1 saturated heterocycles. The van der Waals surface area contributed by atoms with E-state index in [0.29, 0.717) is 23.4 Å². The maximum Gasteiger partial charge on any atom is 0.262 e. The van der Waals surface area contributed by atoms with Crippen molar-refractivity contribution < 1.29 is 13.2 Å². The molecule has 8 heteroatoms. The number of nitrogens with one attached hydrogen (secondary N) is 3. The largest absolute Gasteiger partial charge is 0.364 e. The van der Waals surface area contributed by atoms with Crippen LogP contribution >= 0.6 is 0 Å². The average Bonchev–Trinajstić information content (AvgIpc) is 2.78. The van der Waals surface area contributed by atoms with Gasteiger partial charge in [0.1, 0.15) is 0 Å². The molecule has 0 aliphatic carbocycles. The molecule has 2 heterocycles. The standard InChI is InChI=1S/C20H24N4O3S/c1-13-3-4-14(2)19(9-13)28(26,27)23-15-5-6-18-17(10-15)22-20(25)11-16-12-21-7-8-24(16)18/h3-6,9-10,16,21,23H,7-8,11-12H2,1-2H3,(H,22,25). The molecule has 148 valence electrons. The lowest BCUT2D eigenvalue weighted by atomic mass is 10.1. The fourth-order valence-electron chi connectivity index (χ4n) is 3.83. The van der Waals surface area contributed by atoms with Gasteiger partial charge in [0.2, 0.25) is 5.91 Å². The predicted molar refractivity (Wildman–Crippen MR) is 110 cm³/mol. The first kappa shape index (κ1) is 18.8. The van der Waals surface area contributed by atoms with Gasteiger partial charge in [-0.05, 0) is 49.2 Å². The summed E-state index contributed by atoms with van der Waals surface area (Å²) in [6.07, 6.45) is 0.408. The highest BCUT2D eigenvalue weighted by molar-refractivity contribution is 7.92. The smallest absolute Gasteiger partial charge is 0.262 e. The van der Waals surface area contributed by atoms with Crippen LogP contribution in [0.1, 0.15) is 17.5 Å². The van der Waals surface area contributed by atoms with Crippen LogP contribution in [0.2, 0.25) is 0 Å². The Balaban J connectivity index is 1.67. The van der Waals surface area contributed by atoms with Crippen molar-refractivity contribution in [3.8, 4) is 0 Å². The van der Waals surface area contributed by atoms with E-state index in [1.54, 1.807) is 31.2 Å². The summed E-state index contributed by atoms with van der Waals surface area (Å²) in [6.45, 7) is 6.05. The first-order valence-corrected chi connectivity index (χ1v) is 10.8. The predicted octanol–water partition coefficient (Wildman–Crippen LogP) is 2.22. The van der Waals surface area contributed by atoms with Crippen molar-refractivity contribution in [2.75, 3.05) is 34.6 Å². The molecule has 1 atom stereocenters. The number of rotatable bonds is 3. The lowest BCUT2D eigenvalue weighted by Gasteiger charge is -2.36. The Morgan fingerprint density at radius 3 is 2.79 bits per heavy atom. The van der Waals surface area contributed by atoms with Gasteiger partial charge in [-0.15, -0.1) is 0 Å². The zero-order valence-electron chi connectivity index (χ0n) is 16.0. The summed E-state index contributed by atoms with van der Waals surface area (Å²) in [7, 11) is -3.73. The van der Waals surface area contributed by atoms with Crippen molar-refractivity contribution in [1.29, 1.82) is 0 Å². The Kier molecular flexibility index (Phi) is 4.76. The number of amides is 1. The van der Waals surface area contributed by atoms with Gasteiger partial charge in [-0.1, -0.05) is 12.1 Å². The van der Waals surface area contributed by atoms with Crippen molar-refractivity contribution in [1.82, 2.24) is 5.32 Å². The van der Waals surface area contributed by atoms with Crippen LogP contribution in [-0.4, -0.2) is 40.0 Å². The van der Waals surface area contributed by atoms with E-state index in [1.165, 1.54) is 0 Å². The summed E-state index contributed by atoms with van der Waals surface area (Å²) in [5.41, 5.74) is 3.55. The van der Waals surface area contributed by atoms with Crippen LogP contribution in [0.15, 0.2) is 41.3 Å². The SMILES string of the molecule is Cc1ccc(C)c(S(=O)(=O)Nc2ccc3c(c2)NC(=O)CC2CNCCN32)c1. The molecule has 4 rings (SSSR count). The number of anilines is 3. The van der Waals surface area contributed by atoms with Gasteiger partial charge in [0.15, 0.2) is 0 Å². The maximum atomic E-state index is 12.9. The summed E-state index contributed by atoms with van der Waals surface area (Å²) >= 11 is 0. The van der Waals surface area contributed by atoms with Gasteiger partial charge >= 0.3 is 0 Å². The van der Waals surface area contributed by atoms with Gasteiger partial charge < -0.3 is 15.5 Å².